The normalized spacial score (nSPS) is 29.7. The monoisotopic (exact) mass is 434 g/mol. The summed E-state index contributed by atoms with van der Waals surface area (Å²) in [5.74, 6) is -1.78. The number of carbonyl (C=O) groups excluding carboxylic acids is 1. The van der Waals surface area contributed by atoms with Gasteiger partial charge in [0.15, 0.2) is 0 Å². The molecule has 3 saturated carbocycles. The van der Waals surface area contributed by atoms with Crippen molar-refractivity contribution in [3.63, 3.8) is 0 Å². The minimum absolute atomic E-state index is 0.0906. The number of carboxylic acid groups (broad SMARTS) is 1. The Morgan fingerprint density at radius 2 is 1.47 bits per heavy atom. The zero-order valence-corrected chi connectivity index (χ0v) is 18.4. The summed E-state index contributed by atoms with van der Waals surface area (Å²) in [5, 5.41) is 9.74. The first-order valence-electron chi connectivity index (χ1n) is 10.8. The number of fused-ring (bicyclic) bond motifs is 3. The van der Waals surface area contributed by atoms with E-state index in [2.05, 4.69) is 0 Å². The van der Waals surface area contributed by atoms with Gasteiger partial charge >= 0.3 is 5.97 Å². The largest absolute Gasteiger partial charge is 0.481 e. The maximum atomic E-state index is 13.3. The van der Waals surface area contributed by atoms with E-state index in [0.29, 0.717) is 13.1 Å². The number of rotatable bonds is 4. The summed E-state index contributed by atoms with van der Waals surface area (Å²) in [5.41, 5.74) is 1.97. The standard InChI is InChI=1S/C22H30N2O5S/c1-14-3-8-18(13-15(14)2)30(28,29)24-11-9-23(10-12-24)21(25)19-16-4-6-17(7-5-16)20(19)22(26)27/h3,8,13,16-17,19-20H,4-7,9-12H2,1-2H3,(H,26,27)/t16?,17?,19-,20-/m0/s1. The van der Waals surface area contributed by atoms with Crippen LogP contribution in [-0.2, 0) is 19.6 Å². The first-order chi connectivity index (χ1) is 14.2. The van der Waals surface area contributed by atoms with Gasteiger partial charge in [0.2, 0.25) is 15.9 Å². The maximum absolute atomic E-state index is 13.3. The summed E-state index contributed by atoms with van der Waals surface area (Å²) in [7, 11) is -3.61. The average Bonchev–Trinajstić information content (AvgIpc) is 2.75. The molecule has 0 unspecified atom stereocenters. The molecule has 1 heterocycles. The predicted octanol–water partition coefficient (Wildman–Crippen LogP) is 2.27. The first-order valence-corrected chi connectivity index (χ1v) is 12.2. The van der Waals surface area contributed by atoms with Crippen LogP contribution < -0.4 is 0 Å². The van der Waals surface area contributed by atoms with E-state index in [9.17, 15) is 23.1 Å². The molecule has 1 aromatic carbocycles. The van der Waals surface area contributed by atoms with Crippen molar-refractivity contribution in [2.45, 2.75) is 44.4 Å². The van der Waals surface area contributed by atoms with Crippen LogP contribution in [0.1, 0.15) is 36.8 Å². The van der Waals surface area contributed by atoms with E-state index >= 15 is 0 Å². The zero-order chi connectivity index (χ0) is 21.6. The molecule has 2 bridgehead atoms. The van der Waals surface area contributed by atoms with Gasteiger partial charge in [-0.1, -0.05) is 6.07 Å². The molecule has 0 aromatic heterocycles. The van der Waals surface area contributed by atoms with E-state index in [-0.39, 0.29) is 35.7 Å². The molecule has 164 valence electrons. The van der Waals surface area contributed by atoms with Crippen LogP contribution in [-0.4, -0.2) is 60.8 Å². The number of aryl methyl sites for hydroxylation is 2. The van der Waals surface area contributed by atoms with Gasteiger partial charge in [0.25, 0.3) is 0 Å². The molecule has 4 fully saturated rings. The number of hydrogen-bond donors (Lipinski definition) is 1. The Kier molecular flexibility index (Phi) is 5.66. The molecule has 1 aliphatic heterocycles. The van der Waals surface area contributed by atoms with Crippen LogP contribution in [0.2, 0.25) is 0 Å². The lowest BCUT2D eigenvalue weighted by Crippen LogP contribution is -2.56. The van der Waals surface area contributed by atoms with Crippen LogP contribution in [0, 0.1) is 37.5 Å². The summed E-state index contributed by atoms with van der Waals surface area (Å²) in [6.07, 6.45) is 3.64. The molecule has 5 rings (SSSR count). The van der Waals surface area contributed by atoms with Crippen molar-refractivity contribution in [1.29, 1.82) is 0 Å². The molecular weight excluding hydrogens is 404 g/mol. The smallest absolute Gasteiger partial charge is 0.307 e. The predicted molar refractivity (Wildman–Crippen MR) is 111 cm³/mol. The van der Waals surface area contributed by atoms with E-state index in [1.54, 1.807) is 17.0 Å². The molecule has 1 aromatic rings. The van der Waals surface area contributed by atoms with Crippen molar-refractivity contribution in [2.75, 3.05) is 26.2 Å². The molecule has 7 nitrogen and oxygen atoms in total. The Morgan fingerprint density at radius 1 is 0.900 bits per heavy atom. The molecule has 0 radical (unpaired) electrons. The second kappa shape index (κ2) is 7.96. The highest BCUT2D eigenvalue weighted by molar-refractivity contribution is 7.89. The summed E-state index contributed by atoms with van der Waals surface area (Å²) >= 11 is 0. The second-order valence-corrected chi connectivity index (χ2v) is 11.0. The van der Waals surface area contributed by atoms with E-state index in [0.717, 1.165) is 36.8 Å². The Bertz CT molecular complexity index is 944. The summed E-state index contributed by atoms with van der Waals surface area (Å²) in [6.45, 7) is 4.92. The average molecular weight is 435 g/mol. The Morgan fingerprint density at radius 3 is 2.00 bits per heavy atom. The number of benzene rings is 1. The third-order valence-electron chi connectivity index (χ3n) is 7.46. The quantitative estimate of drug-likeness (QED) is 0.784. The summed E-state index contributed by atoms with van der Waals surface area (Å²) < 4.78 is 27.5. The second-order valence-electron chi connectivity index (χ2n) is 9.04. The number of nitrogens with zero attached hydrogens (tertiary/aromatic N) is 2. The minimum atomic E-state index is -3.61. The van der Waals surface area contributed by atoms with E-state index in [4.69, 9.17) is 0 Å². The van der Waals surface area contributed by atoms with Gasteiger partial charge in [-0.05, 0) is 74.6 Å². The van der Waals surface area contributed by atoms with Gasteiger partial charge in [-0.15, -0.1) is 0 Å². The summed E-state index contributed by atoms with van der Waals surface area (Å²) in [6, 6.07) is 5.13. The molecule has 4 aliphatic rings. The molecule has 1 saturated heterocycles. The fourth-order valence-electron chi connectivity index (χ4n) is 5.54. The number of carbonyl (C=O) groups is 2. The van der Waals surface area contributed by atoms with Gasteiger partial charge in [0, 0.05) is 26.2 Å². The maximum Gasteiger partial charge on any atom is 0.307 e. The van der Waals surface area contributed by atoms with Gasteiger partial charge in [-0.25, -0.2) is 8.42 Å². The van der Waals surface area contributed by atoms with Crippen molar-refractivity contribution in [2.24, 2.45) is 23.7 Å². The Labute approximate surface area is 178 Å². The Hall–Kier alpha value is -1.93. The van der Waals surface area contributed by atoms with Gasteiger partial charge in [0.1, 0.15) is 0 Å². The van der Waals surface area contributed by atoms with Crippen LogP contribution in [0.25, 0.3) is 0 Å². The third kappa shape index (κ3) is 3.64. The number of carboxylic acids is 1. The highest BCUT2D eigenvalue weighted by atomic mass is 32.2. The van der Waals surface area contributed by atoms with Crippen LogP contribution in [0.3, 0.4) is 0 Å². The highest BCUT2D eigenvalue weighted by Crippen LogP contribution is 2.49. The molecule has 30 heavy (non-hydrogen) atoms. The zero-order valence-electron chi connectivity index (χ0n) is 17.6. The third-order valence-corrected chi connectivity index (χ3v) is 9.35. The topological polar surface area (TPSA) is 95.0 Å². The molecule has 0 spiro atoms. The van der Waals surface area contributed by atoms with Crippen LogP contribution in [0.15, 0.2) is 23.1 Å². The molecular formula is C22H30N2O5S. The molecule has 2 atom stereocenters. The molecule has 1 N–H and O–H groups in total. The van der Waals surface area contributed by atoms with Gasteiger partial charge in [-0.2, -0.15) is 4.31 Å². The van der Waals surface area contributed by atoms with Crippen molar-refractivity contribution in [3.05, 3.63) is 29.3 Å². The first kappa shape index (κ1) is 21.3. The SMILES string of the molecule is Cc1ccc(S(=O)(=O)N2CCN(C(=O)[C@H]3C4CCC(CC4)[C@@H]3C(=O)O)CC2)cc1C. The lowest BCUT2D eigenvalue weighted by atomic mass is 9.58. The fourth-order valence-corrected chi connectivity index (χ4v) is 7.05. The van der Waals surface area contributed by atoms with Crippen molar-refractivity contribution in [3.8, 4) is 0 Å². The van der Waals surface area contributed by atoms with E-state index in [1.807, 2.05) is 19.9 Å². The number of aliphatic carboxylic acids is 1. The highest BCUT2D eigenvalue weighted by Gasteiger charge is 2.51. The van der Waals surface area contributed by atoms with Crippen LogP contribution in [0.5, 0.6) is 0 Å². The molecule has 1 amide bonds. The van der Waals surface area contributed by atoms with Crippen molar-refractivity contribution >= 4 is 21.9 Å². The Balaban J connectivity index is 1.46. The molecule has 8 heteroatoms. The molecule has 3 aliphatic carbocycles. The van der Waals surface area contributed by atoms with Crippen molar-refractivity contribution < 1.29 is 23.1 Å². The lowest BCUT2D eigenvalue weighted by Gasteiger charge is -2.48. The van der Waals surface area contributed by atoms with Crippen LogP contribution in [0.4, 0.5) is 0 Å². The number of hydrogen-bond acceptors (Lipinski definition) is 4. The summed E-state index contributed by atoms with van der Waals surface area (Å²) in [4.78, 5) is 27.1. The number of amides is 1. The fraction of sp³-hybridized carbons (Fsp3) is 0.636. The minimum Gasteiger partial charge on any atom is -0.481 e. The number of piperazine rings is 1. The lowest BCUT2D eigenvalue weighted by molar-refractivity contribution is -0.162. The van der Waals surface area contributed by atoms with Crippen molar-refractivity contribution in [1.82, 2.24) is 9.21 Å². The van der Waals surface area contributed by atoms with E-state index in [1.165, 1.54) is 4.31 Å². The van der Waals surface area contributed by atoms with E-state index < -0.39 is 27.8 Å². The van der Waals surface area contributed by atoms with Gasteiger partial charge in [-0.3, -0.25) is 9.59 Å². The number of sulfonamides is 1. The van der Waals surface area contributed by atoms with Gasteiger partial charge < -0.3 is 10.0 Å². The van der Waals surface area contributed by atoms with Gasteiger partial charge in [0.05, 0.1) is 16.7 Å². The van der Waals surface area contributed by atoms with Crippen LogP contribution >= 0.6 is 0 Å².